The lowest BCUT2D eigenvalue weighted by Crippen LogP contribution is -2.41. The Labute approximate surface area is 79.8 Å². The first-order valence-electron chi connectivity index (χ1n) is 3.86. The highest BCUT2D eigenvalue weighted by molar-refractivity contribution is 5.80. The van der Waals surface area contributed by atoms with Crippen molar-refractivity contribution < 1.29 is 19.4 Å². The number of carboxylic acid groups (broad SMARTS) is 1. The monoisotopic (exact) mass is 199 g/mol. The molecule has 5 heteroatoms. The van der Waals surface area contributed by atoms with Crippen LogP contribution in [0.4, 0.5) is 4.39 Å². The zero-order chi connectivity index (χ0) is 10.9. The van der Waals surface area contributed by atoms with Gasteiger partial charge in [-0.15, -0.1) is 0 Å². The van der Waals surface area contributed by atoms with Gasteiger partial charge in [-0.3, -0.25) is 0 Å². The second-order valence-corrected chi connectivity index (χ2v) is 3.21. The Morgan fingerprint density at radius 1 is 1.50 bits per heavy atom. The second-order valence-electron chi connectivity index (χ2n) is 3.21. The number of hydrogen-bond acceptors (Lipinski definition) is 3. The Balaban J connectivity index is 3.25. The number of phenols is 1. The van der Waals surface area contributed by atoms with Gasteiger partial charge in [0.25, 0.3) is 0 Å². The second kappa shape index (κ2) is 3.26. The fourth-order valence-corrected chi connectivity index (χ4v) is 0.997. The molecule has 0 aliphatic rings. The zero-order valence-electron chi connectivity index (χ0n) is 7.49. The van der Waals surface area contributed by atoms with Crippen LogP contribution in [-0.2, 0) is 10.3 Å². The molecule has 0 saturated heterocycles. The molecule has 1 aromatic rings. The summed E-state index contributed by atoms with van der Waals surface area (Å²) in [6.07, 6.45) is 0. The van der Waals surface area contributed by atoms with E-state index in [0.29, 0.717) is 0 Å². The van der Waals surface area contributed by atoms with Gasteiger partial charge in [-0.25, -0.2) is 9.18 Å². The van der Waals surface area contributed by atoms with E-state index in [-0.39, 0.29) is 11.3 Å². The number of aromatic hydroxyl groups is 1. The van der Waals surface area contributed by atoms with Gasteiger partial charge in [0.1, 0.15) is 17.1 Å². The van der Waals surface area contributed by atoms with Gasteiger partial charge in [0.2, 0.25) is 0 Å². The van der Waals surface area contributed by atoms with Crippen LogP contribution < -0.4 is 5.73 Å². The minimum Gasteiger partial charge on any atom is -0.508 e. The molecule has 0 aliphatic carbocycles. The Morgan fingerprint density at radius 2 is 2.07 bits per heavy atom. The summed E-state index contributed by atoms with van der Waals surface area (Å²) < 4.78 is 12.8. The Bertz CT molecular complexity index is 356. The van der Waals surface area contributed by atoms with Crippen LogP contribution in [0.15, 0.2) is 18.2 Å². The van der Waals surface area contributed by atoms with E-state index in [0.717, 1.165) is 18.2 Å². The molecule has 1 rings (SSSR count). The molecule has 0 amide bonds. The number of hydrogen-bond donors (Lipinski definition) is 3. The van der Waals surface area contributed by atoms with Crippen molar-refractivity contribution in [1.82, 2.24) is 0 Å². The highest BCUT2D eigenvalue weighted by Crippen LogP contribution is 2.23. The molecule has 0 aromatic heterocycles. The molecular weight excluding hydrogens is 189 g/mol. The fourth-order valence-electron chi connectivity index (χ4n) is 0.997. The van der Waals surface area contributed by atoms with Gasteiger partial charge in [-0.1, -0.05) is 0 Å². The summed E-state index contributed by atoms with van der Waals surface area (Å²) in [5.74, 6) is -2.36. The van der Waals surface area contributed by atoms with Crippen LogP contribution in [0.2, 0.25) is 0 Å². The lowest BCUT2D eigenvalue weighted by molar-refractivity contribution is -0.143. The maximum absolute atomic E-state index is 12.8. The zero-order valence-corrected chi connectivity index (χ0v) is 7.49. The van der Waals surface area contributed by atoms with Crippen molar-refractivity contribution >= 4 is 5.97 Å². The van der Waals surface area contributed by atoms with E-state index in [1.54, 1.807) is 0 Å². The molecule has 4 nitrogen and oxygen atoms in total. The third-order valence-corrected chi connectivity index (χ3v) is 1.93. The van der Waals surface area contributed by atoms with Crippen molar-refractivity contribution in [2.75, 3.05) is 0 Å². The van der Waals surface area contributed by atoms with E-state index >= 15 is 0 Å². The van der Waals surface area contributed by atoms with E-state index in [2.05, 4.69) is 0 Å². The molecule has 1 unspecified atom stereocenters. The first-order chi connectivity index (χ1) is 6.34. The average molecular weight is 199 g/mol. The van der Waals surface area contributed by atoms with E-state index in [4.69, 9.17) is 15.9 Å². The number of benzene rings is 1. The minimum absolute atomic E-state index is 0.0162. The quantitative estimate of drug-likeness (QED) is 0.657. The van der Waals surface area contributed by atoms with Gasteiger partial charge in [-0.2, -0.15) is 0 Å². The molecule has 14 heavy (non-hydrogen) atoms. The molecule has 0 aliphatic heterocycles. The molecule has 4 N–H and O–H groups in total. The number of carbonyl (C=O) groups is 1. The summed E-state index contributed by atoms with van der Waals surface area (Å²) in [7, 11) is 0. The number of rotatable bonds is 2. The van der Waals surface area contributed by atoms with Gasteiger partial charge in [0.05, 0.1) is 0 Å². The van der Waals surface area contributed by atoms with Gasteiger partial charge in [0, 0.05) is 6.07 Å². The van der Waals surface area contributed by atoms with Gasteiger partial charge in [0.15, 0.2) is 0 Å². The molecule has 0 bridgehead atoms. The first kappa shape index (κ1) is 10.5. The standard InChI is InChI=1S/C9H10FNO3/c1-9(11,8(13)14)5-2-6(10)4-7(12)3-5/h2-4,12H,11H2,1H3,(H,13,14). The third kappa shape index (κ3) is 1.82. The summed E-state index contributed by atoms with van der Waals surface area (Å²) in [4.78, 5) is 10.7. The SMILES string of the molecule is CC(N)(C(=O)O)c1cc(O)cc(F)c1. The predicted molar refractivity (Wildman–Crippen MR) is 47.2 cm³/mol. The highest BCUT2D eigenvalue weighted by Gasteiger charge is 2.30. The minimum atomic E-state index is -1.71. The summed E-state index contributed by atoms with van der Waals surface area (Å²) in [6, 6.07) is 2.98. The number of nitrogens with two attached hydrogens (primary N) is 1. The summed E-state index contributed by atoms with van der Waals surface area (Å²) in [6.45, 7) is 1.23. The van der Waals surface area contributed by atoms with Crippen LogP contribution in [0, 0.1) is 5.82 Å². The van der Waals surface area contributed by atoms with Crippen molar-refractivity contribution in [3.63, 3.8) is 0 Å². The maximum Gasteiger partial charge on any atom is 0.328 e. The van der Waals surface area contributed by atoms with Crippen molar-refractivity contribution in [1.29, 1.82) is 0 Å². The molecular formula is C9H10FNO3. The van der Waals surface area contributed by atoms with E-state index in [9.17, 15) is 9.18 Å². The Hall–Kier alpha value is -1.62. The third-order valence-electron chi connectivity index (χ3n) is 1.93. The number of carboxylic acids is 1. The normalized spacial score (nSPS) is 14.8. The van der Waals surface area contributed by atoms with Crippen LogP contribution in [0.25, 0.3) is 0 Å². The lowest BCUT2D eigenvalue weighted by Gasteiger charge is -2.19. The van der Waals surface area contributed by atoms with Gasteiger partial charge in [-0.05, 0) is 24.6 Å². The van der Waals surface area contributed by atoms with Crippen molar-refractivity contribution in [3.8, 4) is 5.75 Å². The van der Waals surface area contributed by atoms with Crippen LogP contribution in [0.1, 0.15) is 12.5 Å². The maximum atomic E-state index is 12.8. The number of halogens is 1. The molecule has 76 valence electrons. The van der Waals surface area contributed by atoms with Crippen LogP contribution in [0.3, 0.4) is 0 Å². The molecule has 1 aromatic carbocycles. The van der Waals surface area contributed by atoms with Crippen molar-refractivity contribution in [2.24, 2.45) is 5.73 Å². The average Bonchev–Trinajstić information content (AvgIpc) is 2.01. The number of aliphatic carboxylic acids is 1. The van der Waals surface area contributed by atoms with Crippen LogP contribution in [-0.4, -0.2) is 16.2 Å². The molecule has 0 radical (unpaired) electrons. The molecule has 0 saturated carbocycles. The highest BCUT2D eigenvalue weighted by atomic mass is 19.1. The summed E-state index contributed by atoms with van der Waals surface area (Å²) in [5, 5.41) is 17.8. The summed E-state index contributed by atoms with van der Waals surface area (Å²) in [5.41, 5.74) is 3.75. The van der Waals surface area contributed by atoms with Gasteiger partial charge >= 0.3 is 5.97 Å². The van der Waals surface area contributed by atoms with E-state index in [1.807, 2.05) is 0 Å². The largest absolute Gasteiger partial charge is 0.508 e. The molecule has 0 heterocycles. The van der Waals surface area contributed by atoms with Crippen LogP contribution in [0.5, 0.6) is 5.75 Å². The van der Waals surface area contributed by atoms with E-state index < -0.39 is 17.3 Å². The molecule has 0 spiro atoms. The molecule has 0 fully saturated rings. The fraction of sp³-hybridized carbons (Fsp3) is 0.222. The summed E-state index contributed by atoms with van der Waals surface area (Å²) >= 11 is 0. The van der Waals surface area contributed by atoms with Crippen molar-refractivity contribution in [3.05, 3.63) is 29.6 Å². The van der Waals surface area contributed by atoms with Gasteiger partial charge < -0.3 is 15.9 Å². The Kier molecular flexibility index (Phi) is 2.44. The van der Waals surface area contributed by atoms with E-state index in [1.165, 1.54) is 6.92 Å². The smallest absolute Gasteiger partial charge is 0.328 e. The Morgan fingerprint density at radius 3 is 2.50 bits per heavy atom. The van der Waals surface area contributed by atoms with Crippen molar-refractivity contribution in [2.45, 2.75) is 12.5 Å². The van der Waals surface area contributed by atoms with Crippen LogP contribution >= 0.6 is 0 Å². The number of phenolic OH excluding ortho intramolecular Hbond substituents is 1. The predicted octanol–water partition coefficient (Wildman–Crippen LogP) is 0.790. The topological polar surface area (TPSA) is 83.6 Å². The molecule has 1 atom stereocenters. The lowest BCUT2D eigenvalue weighted by atomic mass is 9.93. The first-order valence-corrected chi connectivity index (χ1v) is 3.86.